The molecule has 0 spiro atoms. The van der Waals surface area contributed by atoms with Crippen LogP contribution in [0.4, 0.5) is 0 Å². The molecule has 2 rings (SSSR count). The summed E-state index contributed by atoms with van der Waals surface area (Å²) in [7, 11) is 3.36. The second-order valence-electron chi connectivity index (χ2n) is 4.03. The number of methoxy groups -OCH3 is 2. The first-order valence-corrected chi connectivity index (χ1v) is 6.43. The Hall–Kier alpha value is -1.48. The van der Waals surface area contributed by atoms with Crippen LogP contribution in [-0.2, 0) is 0 Å². The standard InChI is InChI=1S/C15H15BrO2/c1-10-8-11(4-7-14(10)17-2)13-6-5-12(16)9-15(13)18-3/h4-9H,1-3H3. The highest BCUT2D eigenvalue weighted by atomic mass is 79.9. The van der Waals surface area contributed by atoms with Gasteiger partial charge in [-0.3, -0.25) is 0 Å². The van der Waals surface area contributed by atoms with Crippen LogP contribution in [0.1, 0.15) is 5.56 Å². The predicted octanol–water partition coefficient (Wildman–Crippen LogP) is 4.44. The Kier molecular flexibility index (Phi) is 3.92. The van der Waals surface area contributed by atoms with Crippen LogP contribution < -0.4 is 9.47 Å². The summed E-state index contributed by atoms with van der Waals surface area (Å²) in [5.74, 6) is 1.75. The zero-order valence-electron chi connectivity index (χ0n) is 10.7. The molecule has 2 nitrogen and oxygen atoms in total. The second kappa shape index (κ2) is 5.44. The molecule has 0 unspecified atom stereocenters. The minimum absolute atomic E-state index is 0.856. The molecule has 0 heterocycles. The van der Waals surface area contributed by atoms with Crippen molar-refractivity contribution in [2.45, 2.75) is 6.92 Å². The first-order valence-electron chi connectivity index (χ1n) is 5.64. The lowest BCUT2D eigenvalue weighted by molar-refractivity contribution is 0.411. The Morgan fingerprint density at radius 1 is 0.889 bits per heavy atom. The minimum Gasteiger partial charge on any atom is -0.496 e. The summed E-state index contributed by atoms with van der Waals surface area (Å²) in [6.45, 7) is 2.04. The molecule has 18 heavy (non-hydrogen) atoms. The highest BCUT2D eigenvalue weighted by Gasteiger charge is 2.08. The van der Waals surface area contributed by atoms with Gasteiger partial charge in [0.1, 0.15) is 11.5 Å². The molecule has 0 aliphatic carbocycles. The van der Waals surface area contributed by atoms with E-state index in [4.69, 9.17) is 9.47 Å². The van der Waals surface area contributed by atoms with E-state index in [9.17, 15) is 0 Å². The van der Waals surface area contributed by atoms with Crippen molar-refractivity contribution >= 4 is 15.9 Å². The molecule has 0 amide bonds. The first-order chi connectivity index (χ1) is 8.65. The molecule has 0 saturated heterocycles. The summed E-state index contributed by atoms with van der Waals surface area (Å²) in [6, 6.07) is 12.1. The second-order valence-corrected chi connectivity index (χ2v) is 4.94. The van der Waals surface area contributed by atoms with E-state index in [1.807, 2.05) is 37.3 Å². The quantitative estimate of drug-likeness (QED) is 0.834. The Bertz CT molecular complexity index is 564. The normalized spacial score (nSPS) is 10.2. The highest BCUT2D eigenvalue weighted by Crippen LogP contribution is 2.34. The molecule has 0 aromatic heterocycles. The Morgan fingerprint density at radius 2 is 1.61 bits per heavy atom. The topological polar surface area (TPSA) is 18.5 Å². The van der Waals surface area contributed by atoms with Gasteiger partial charge in [-0.1, -0.05) is 22.0 Å². The van der Waals surface area contributed by atoms with Crippen LogP contribution in [0, 0.1) is 6.92 Å². The van der Waals surface area contributed by atoms with E-state index in [-0.39, 0.29) is 0 Å². The summed E-state index contributed by atoms with van der Waals surface area (Å²) in [4.78, 5) is 0. The molecule has 2 aromatic carbocycles. The van der Waals surface area contributed by atoms with Gasteiger partial charge in [0.2, 0.25) is 0 Å². The van der Waals surface area contributed by atoms with Crippen LogP contribution in [0.5, 0.6) is 11.5 Å². The lowest BCUT2D eigenvalue weighted by Crippen LogP contribution is -1.90. The third-order valence-electron chi connectivity index (χ3n) is 2.87. The summed E-state index contributed by atoms with van der Waals surface area (Å²) >= 11 is 3.45. The van der Waals surface area contributed by atoms with E-state index in [1.54, 1.807) is 14.2 Å². The van der Waals surface area contributed by atoms with Gasteiger partial charge in [0, 0.05) is 10.0 Å². The fraction of sp³-hybridized carbons (Fsp3) is 0.200. The molecule has 0 aliphatic heterocycles. The molecule has 0 fully saturated rings. The van der Waals surface area contributed by atoms with Crippen molar-refractivity contribution in [3.8, 4) is 22.6 Å². The third kappa shape index (κ3) is 2.51. The Morgan fingerprint density at radius 3 is 2.22 bits per heavy atom. The molecule has 3 heteroatoms. The number of rotatable bonds is 3. The average molecular weight is 307 g/mol. The van der Waals surface area contributed by atoms with Crippen molar-refractivity contribution in [1.29, 1.82) is 0 Å². The van der Waals surface area contributed by atoms with Gasteiger partial charge in [0.15, 0.2) is 0 Å². The average Bonchev–Trinajstić information content (AvgIpc) is 2.38. The number of benzene rings is 2. The molecule has 94 valence electrons. The van der Waals surface area contributed by atoms with Gasteiger partial charge < -0.3 is 9.47 Å². The number of hydrogen-bond acceptors (Lipinski definition) is 2. The maximum Gasteiger partial charge on any atom is 0.127 e. The highest BCUT2D eigenvalue weighted by molar-refractivity contribution is 9.10. The van der Waals surface area contributed by atoms with Crippen LogP contribution in [0.2, 0.25) is 0 Å². The van der Waals surface area contributed by atoms with Crippen molar-refractivity contribution in [2.75, 3.05) is 14.2 Å². The molecule has 0 N–H and O–H groups in total. The maximum atomic E-state index is 5.42. The van der Waals surface area contributed by atoms with Crippen LogP contribution in [-0.4, -0.2) is 14.2 Å². The van der Waals surface area contributed by atoms with Gasteiger partial charge >= 0.3 is 0 Å². The lowest BCUT2D eigenvalue weighted by atomic mass is 10.0. The Labute approximate surface area is 116 Å². The van der Waals surface area contributed by atoms with E-state index in [2.05, 4.69) is 22.0 Å². The van der Waals surface area contributed by atoms with E-state index >= 15 is 0 Å². The summed E-state index contributed by atoms with van der Waals surface area (Å²) < 4.78 is 11.7. The van der Waals surface area contributed by atoms with Crippen molar-refractivity contribution < 1.29 is 9.47 Å². The van der Waals surface area contributed by atoms with E-state index in [0.717, 1.165) is 32.7 Å². The van der Waals surface area contributed by atoms with Crippen LogP contribution in [0.3, 0.4) is 0 Å². The zero-order chi connectivity index (χ0) is 13.1. The van der Waals surface area contributed by atoms with Crippen LogP contribution >= 0.6 is 15.9 Å². The van der Waals surface area contributed by atoms with Crippen LogP contribution in [0.15, 0.2) is 40.9 Å². The zero-order valence-corrected chi connectivity index (χ0v) is 12.2. The van der Waals surface area contributed by atoms with E-state index in [1.165, 1.54) is 0 Å². The first kappa shape index (κ1) is 13.0. The number of hydrogen-bond donors (Lipinski definition) is 0. The lowest BCUT2D eigenvalue weighted by Gasteiger charge is -2.11. The molecule has 0 aliphatic rings. The van der Waals surface area contributed by atoms with Crippen LogP contribution in [0.25, 0.3) is 11.1 Å². The molecule has 2 aromatic rings. The number of halogens is 1. The molecular weight excluding hydrogens is 292 g/mol. The molecular formula is C15H15BrO2. The minimum atomic E-state index is 0.856. The van der Waals surface area contributed by atoms with Crippen molar-refractivity contribution in [1.82, 2.24) is 0 Å². The largest absolute Gasteiger partial charge is 0.496 e. The molecule has 0 radical (unpaired) electrons. The van der Waals surface area contributed by atoms with Gasteiger partial charge in [-0.2, -0.15) is 0 Å². The number of ether oxygens (including phenoxy) is 2. The number of aryl methyl sites for hydroxylation is 1. The molecule has 0 atom stereocenters. The third-order valence-corrected chi connectivity index (χ3v) is 3.36. The Balaban J connectivity index is 2.51. The van der Waals surface area contributed by atoms with E-state index in [0.29, 0.717) is 0 Å². The maximum absolute atomic E-state index is 5.42. The fourth-order valence-corrected chi connectivity index (χ4v) is 2.29. The summed E-state index contributed by atoms with van der Waals surface area (Å²) in [6.07, 6.45) is 0. The van der Waals surface area contributed by atoms with Gasteiger partial charge in [0.05, 0.1) is 14.2 Å². The van der Waals surface area contributed by atoms with Gasteiger partial charge in [-0.15, -0.1) is 0 Å². The van der Waals surface area contributed by atoms with Crippen molar-refractivity contribution in [2.24, 2.45) is 0 Å². The summed E-state index contributed by atoms with van der Waals surface area (Å²) in [5.41, 5.74) is 3.31. The SMILES string of the molecule is COc1ccc(-c2ccc(Br)cc2OC)cc1C. The van der Waals surface area contributed by atoms with Gasteiger partial charge in [0.25, 0.3) is 0 Å². The van der Waals surface area contributed by atoms with Crippen molar-refractivity contribution in [3.05, 3.63) is 46.4 Å². The van der Waals surface area contributed by atoms with Gasteiger partial charge in [-0.05, 0) is 48.4 Å². The monoisotopic (exact) mass is 306 g/mol. The summed E-state index contributed by atoms with van der Waals surface area (Å²) in [5, 5.41) is 0. The predicted molar refractivity (Wildman–Crippen MR) is 77.4 cm³/mol. The smallest absolute Gasteiger partial charge is 0.127 e. The van der Waals surface area contributed by atoms with Gasteiger partial charge in [-0.25, -0.2) is 0 Å². The van der Waals surface area contributed by atoms with E-state index < -0.39 is 0 Å². The van der Waals surface area contributed by atoms with Crippen molar-refractivity contribution in [3.63, 3.8) is 0 Å². The fourth-order valence-electron chi connectivity index (χ4n) is 1.95. The molecule has 0 saturated carbocycles. The molecule has 0 bridgehead atoms.